The van der Waals surface area contributed by atoms with Crippen LogP contribution in [0, 0.1) is 5.92 Å². The van der Waals surface area contributed by atoms with E-state index >= 15 is 0 Å². The molecule has 0 aromatic heterocycles. The maximum atomic E-state index is 11.8. The maximum Gasteiger partial charge on any atom is 0.308 e. The third kappa shape index (κ3) is 4.91. The van der Waals surface area contributed by atoms with Crippen LogP contribution in [0.25, 0.3) is 0 Å². The third-order valence-electron chi connectivity index (χ3n) is 2.97. The first-order chi connectivity index (χ1) is 8.32. The molecular formula is C11H21NO5S. The Balaban J connectivity index is 2.47. The van der Waals surface area contributed by atoms with Crippen LogP contribution in [-0.2, 0) is 19.6 Å². The second-order valence-electron chi connectivity index (χ2n) is 4.84. The molecule has 0 aromatic rings. The second kappa shape index (κ2) is 6.49. The van der Waals surface area contributed by atoms with Crippen LogP contribution in [-0.4, -0.2) is 44.0 Å². The van der Waals surface area contributed by atoms with Gasteiger partial charge in [-0.05, 0) is 26.7 Å². The SMILES string of the molecule is CC(C)OCCS(=O)(=O)NC1CCCC1C(=O)O. The molecule has 6 nitrogen and oxygen atoms in total. The van der Waals surface area contributed by atoms with Crippen molar-refractivity contribution in [3.8, 4) is 0 Å². The van der Waals surface area contributed by atoms with E-state index < -0.39 is 28.0 Å². The summed E-state index contributed by atoms with van der Waals surface area (Å²) in [6.07, 6.45) is 1.84. The lowest BCUT2D eigenvalue weighted by molar-refractivity contribution is -0.141. The van der Waals surface area contributed by atoms with Crippen molar-refractivity contribution in [3.63, 3.8) is 0 Å². The molecule has 0 spiro atoms. The Bertz CT molecular complexity index is 379. The van der Waals surface area contributed by atoms with Gasteiger partial charge < -0.3 is 9.84 Å². The molecule has 0 bridgehead atoms. The van der Waals surface area contributed by atoms with E-state index in [2.05, 4.69) is 4.72 Å². The Morgan fingerprint density at radius 1 is 1.44 bits per heavy atom. The highest BCUT2D eigenvalue weighted by atomic mass is 32.2. The number of hydrogen-bond acceptors (Lipinski definition) is 4. The first kappa shape index (κ1) is 15.4. The van der Waals surface area contributed by atoms with Crippen molar-refractivity contribution in [2.75, 3.05) is 12.4 Å². The average molecular weight is 279 g/mol. The van der Waals surface area contributed by atoms with E-state index in [-0.39, 0.29) is 18.5 Å². The Morgan fingerprint density at radius 2 is 2.11 bits per heavy atom. The number of rotatable bonds is 7. The summed E-state index contributed by atoms with van der Waals surface area (Å²) in [7, 11) is -3.47. The minimum atomic E-state index is -3.47. The van der Waals surface area contributed by atoms with E-state index in [0.29, 0.717) is 12.8 Å². The normalized spacial score (nSPS) is 24.6. The molecule has 2 unspecified atom stereocenters. The number of ether oxygens (including phenoxy) is 1. The molecule has 0 amide bonds. The van der Waals surface area contributed by atoms with Gasteiger partial charge in [0, 0.05) is 6.04 Å². The predicted molar refractivity (Wildman–Crippen MR) is 66.8 cm³/mol. The van der Waals surface area contributed by atoms with Gasteiger partial charge in [-0.1, -0.05) is 6.42 Å². The number of carboxylic acid groups (broad SMARTS) is 1. The summed E-state index contributed by atoms with van der Waals surface area (Å²) < 4.78 is 31.2. The van der Waals surface area contributed by atoms with E-state index in [1.54, 1.807) is 0 Å². The van der Waals surface area contributed by atoms with E-state index in [1.807, 2.05) is 13.8 Å². The fourth-order valence-corrected chi connectivity index (χ4v) is 3.26. The molecule has 1 saturated carbocycles. The van der Waals surface area contributed by atoms with Crippen molar-refractivity contribution in [1.82, 2.24) is 4.72 Å². The van der Waals surface area contributed by atoms with E-state index in [1.165, 1.54) is 0 Å². The summed E-state index contributed by atoms with van der Waals surface area (Å²) in [5, 5.41) is 8.97. The molecule has 7 heteroatoms. The minimum absolute atomic E-state index is 0.0153. The van der Waals surface area contributed by atoms with Crippen LogP contribution in [0.5, 0.6) is 0 Å². The van der Waals surface area contributed by atoms with Crippen molar-refractivity contribution in [2.24, 2.45) is 5.92 Å². The Hall–Kier alpha value is -0.660. The molecule has 106 valence electrons. The monoisotopic (exact) mass is 279 g/mol. The number of nitrogens with one attached hydrogen (secondary N) is 1. The molecule has 0 heterocycles. The zero-order chi connectivity index (χ0) is 13.8. The maximum absolute atomic E-state index is 11.8. The van der Waals surface area contributed by atoms with Crippen molar-refractivity contribution in [3.05, 3.63) is 0 Å². The van der Waals surface area contributed by atoms with Gasteiger partial charge in [0.1, 0.15) is 0 Å². The predicted octanol–water partition coefficient (Wildman–Crippen LogP) is 0.584. The van der Waals surface area contributed by atoms with Crippen molar-refractivity contribution >= 4 is 16.0 Å². The lowest BCUT2D eigenvalue weighted by atomic mass is 10.1. The number of sulfonamides is 1. The Morgan fingerprint density at radius 3 is 2.67 bits per heavy atom. The molecule has 18 heavy (non-hydrogen) atoms. The summed E-state index contributed by atoms with van der Waals surface area (Å²) in [5.41, 5.74) is 0. The van der Waals surface area contributed by atoms with Crippen molar-refractivity contribution < 1.29 is 23.1 Å². The minimum Gasteiger partial charge on any atom is -0.481 e. The topological polar surface area (TPSA) is 92.7 Å². The van der Waals surface area contributed by atoms with E-state index in [9.17, 15) is 13.2 Å². The van der Waals surface area contributed by atoms with Crippen LogP contribution in [0.15, 0.2) is 0 Å². The van der Waals surface area contributed by atoms with Gasteiger partial charge in [0.05, 0.1) is 24.4 Å². The first-order valence-corrected chi connectivity index (χ1v) is 7.81. The lowest BCUT2D eigenvalue weighted by Crippen LogP contribution is -2.41. The highest BCUT2D eigenvalue weighted by Gasteiger charge is 2.35. The molecule has 0 aliphatic heterocycles. The molecule has 0 aromatic carbocycles. The molecule has 0 radical (unpaired) electrons. The quantitative estimate of drug-likeness (QED) is 0.711. The Kier molecular flexibility index (Phi) is 5.55. The van der Waals surface area contributed by atoms with Gasteiger partial charge in [0.25, 0.3) is 0 Å². The fourth-order valence-electron chi connectivity index (χ4n) is 2.08. The van der Waals surface area contributed by atoms with Crippen LogP contribution in [0.1, 0.15) is 33.1 Å². The average Bonchev–Trinajstić information content (AvgIpc) is 2.63. The largest absolute Gasteiger partial charge is 0.481 e. The molecule has 2 atom stereocenters. The van der Waals surface area contributed by atoms with Crippen molar-refractivity contribution in [1.29, 1.82) is 0 Å². The van der Waals surface area contributed by atoms with E-state index in [0.717, 1.165) is 6.42 Å². The first-order valence-electron chi connectivity index (χ1n) is 6.16. The molecule has 1 aliphatic carbocycles. The van der Waals surface area contributed by atoms with Gasteiger partial charge in [-0.15, -0.1) is 0 Å². The van der Waals surface area contributed by atoms with Crippen LogP contribution >= 0.6 is 0 Å². The Labute approximate surface area is 108 Å². The van der Waals surface area contributed by atoms with Gasteiger partial charge in [0.15, 0.2) is 0 Å². The van der Waals surface area contributed by atoms with E-state index in [4.69, 9.17) is 9.84 Å². The summed E-state index contributed by atoms with van der Waals surface area (Å²) in [4.78, 5) is 10.9. The molecule has 1 fully saturated rings. The van der Waals surface area contributed by atoms with Crippen LogP contribution in [0.4, 0.5) is 0 Å². The number of aliphatic carboxylic acids is 1. The smallest absolute Gasteiger partial charge is 0.308 e. The standard InChI is InChI=1S/C11H21NO5S/c1-8(2)17-6-7-18(15,16)12-10-5-3-4-9(10)11(13)14/h8-10,12H,3-7H2,1-2H3,(H,13,14). The van der Waals surface area contributed by atoms with Gasteiger partial charge in [-0.3, -0.25) is 4.79 Å². The molecule has 1 rings (SSSR count). The number of carboxylic acids is 1. The molecule has 2 N–H and O–H groups in total. The zero-order valence-electron chi connectivity index (χ0n) is 10.8. The van der Waals surface area contributed by atoms with Crippen LogP contribution < -0.4 is 4.72 Å². The zero-order valence-corrected chi connectivity index (χ0v) is 11.6. The molecule has 1 aliphatic rings. The van der Waals surface area contributed by atoms with Crippen LogP contribution in [0.3, 0.4) is 0 Å². The van der Waals surface area contributed by atoms with Crippen LogP contribution in [0.2, 0.25) is 0 Å². The molecule has 0 saturated heterocycles. The lowest BCUT2D eigenvalue weighted by Gasteiger charge is -2.17. The van der Waals surface area contributed by atoms with Crippen molar-refractivity contribution in [2.45, 2.75) is 45.3 Å². The second-order valence-corrected chi connectivity index (χ2v) is 6.71. The summed E-state index contributed by atoms with van der Waals surface area (Å²) >= 11 is 0. The highest BCUT2D eigenvalue weighted by molar-refractivity contribution is 7.89. The van der Waals surface area contributed by atoms with Gasteiger partial charge in [-0.2, -0.15) is 0 Å². The third-order valence-corrected chi connectivity index (χ3v) is 4.33. The summed E-state index contributed by atoms with van der Waals surface area (Å²) in [6, 6.07) is -0.480. The highest BCUT2D eigenvalue weighted by Crippen LogP contribution is 2.26. The van der Waals surface area contributed by atoms with Gasteiger partial charge in [0.2, 0.25) is 10.0 Å². The number of hydrogen-bond donors (Lipinski definition) is 2. The van der Waals surface area contributed by atoms with Gasteiger partial charge >= 0.3 is 5.97 Å². The number of carbonyl (C=O) groups is 1. The molecular weight excluding hydrogens is 258 g/mol. The fraction of sp³-hybridized carbons (Fsp3) is 0.909. The van der Waals surface area contributed by atoms with Gasteiger partial charge in [-0.25, -0.2) is 13.1 Å². The summed E-state index contributed by atoms with van der Waals surface area (Å²) in [5.74, 6) is -1.67. The summed E-state index contributed by atoms with van der Waals surface area (Å²) in [6.45, 7) is 3.78.